The van der Waals surface area contributed by atoms with E-state index in [0.29, 0.717) is 0 Å². The summed E-state index contributed by atoms with van der Waals surface area (Å²) < 4.78 is 106. The predicted octanol–water partition coefficient (Wildman–Crippen LogP) is 9.23. The number of hydrogen-bond acceptors (Lipinski definition) is 19. The van der Waals surface area contributed by atoms with E-state index in [-0.39, 0.29) is 59.5 Å². The van der Waals surface area contributed by atoms with Gasteiger partial charge in [0.25, 0.3) is 0 Å². The van der Waals surface area contributed by atoms with E-state index < -0.39 is 135 Å². The van der Waals surface area contributed by atoms with E-state index in [9.17, 15) is 20.1 Å². The number of rotatable bonds is 33. The summed E-state index contributed by atoms with van der Waals surface area (Å²) in [5.41, 5.74) is 6.13. The number of carbonyl (C=O) groups is 1. The summed E-state index contributed by atoms with van der Waals surface area (Å²) in [6.07, 6.45) is -21.6. The molecule has 7 aromatic rings. The number of nitrogens with one attached hydrogen (secondary N) is 1. The van der Waals surface area contributed by atoms with Crippen LogP contribution in [0.25, 0.3) is 0 Å². The highest BCUT2D eigenvalue weighted by atomic mass is 16.8. The average Bonchev–Trinajstić information content (AvgIpc) is 0.765. The summed E-state index contributed by atoms with van der Waals surface area (Å²) in [5, 5.41) is 37.0. The van der Waals surface area contributed by atoms with Crippen molar-refractivity contribution in [3.8, 4) is 0 Å². The van der Waals surface area contributed by atoms with Crippen LogP contribution in [0.4, 0.5) is 0 Å². The summed E-state index contributed by atoms with van der Waals surface area (Å²) >= 11 is 0. The monoisotopic (exact) mass is 1350 g/mol. The molecule has 1 amide bonds. The first-order valence-corrected chi connectivity index (χ1v) is 33.6. The van der Waals surface area contributed by atoms with Gasteiger partial charge in [-0.25, -0.2) is 0 Å². The third-order valence-electron chi connectivity index (χ3n) is 17.7. The highest BCUT2D eigenvalue weighted by Crippen LogP contribution is 2.41. The van der Waals surface area contributed by atoms with Crippen LogP contribution in [0.1, 0.15) is 59.7 Å². The number of amides is 1. The third kappa shape index (κ3) is 19.7. The number of aliphatic hydroxyl groups is 3. The molecule has 0 spiro atoms. The number of carbonyl (C=O) groups excluding carboxylic acids is 1. The molecule has 0 radical (unpaired) electrons. The molecule has 4 fully saturated rings. The van der Waals surface area contributed by atoms with Gasteiger partial charge in [-0.05, 0) is 52.8 Å². The maximum atomic E-state index is 13.3. The SMILES string of the molecule is C=CCO[C@@H]1O[C@@H](C)[C@H](OCc2ccccc2)[C@@H](OCc2ccccc2)[C@H]1O[C@@H]1O[C@@H](C)[C@H](OCc2ccccc2)[C@@H](O[C@H]2O[C@H](COCc3ccccc3)[C@@H](OCc3ccccc3)[C@H](OCc3ccccc3)[C@H]2OCc2ccccc2)[C@H]1O[C@@H]1O[C@H](CO)[C@@H](O)[C@H](O)[C@H]1NC(C)=O. The van der Waals surface area contributed by atoms with E-state index in [4.69, 9.17) is 71.1 Å². The van der Waals surface area contributed by atoms with Crippen molar-refractivity contribution in [2.45, 2.75) is 190 Å². The van der Waals surface area contributed by atoms with Crippen LogP contribution in [0, 0.1) is 0 Å². The van der Waals surface area contributed by atoms with Crippen LogP contribution < -0.4 is 5.32 Å². The Morgan fingerprint density at radius 1 is 0.398 bits per heavy atom. The Bertz CT molecular complexity index is 3410. The summed E-state index contributed by atoms with van der Waals surface area (Å²) in [6.45, 7) is 9.09. The van der Waals surface area contributed by atoms with Gasteiger partial charge >= 0.3 is 0 Å². The van der Waals surface area contributed by atoms with Gasteiger partial charge in [0.05, 0.1) is 78.3 Å². The van der Waals surface area contributed by atoms with Gasteiger partial charge in [0.2, 0.25) is 5.91 Å². The average molecular weight is 1350 g/mol. The molecule has 0 bridgehead atoms. The highest BCUT2D eigenvalue weighted by Gasteiger charge is 2.58. The van der Waals surface area contributed by atoms with Crippen LogP contribution >= 0.6 is 0 Å². The van der Waals surface area contributed by atoms with Crippen LogP contribution in [0.2, 0.25) is 0 Å². The third-order valence-corrected chi connectivity index (χ3v) is 17.7. The van der Waals surface area contributed by atoms with Gasteiger partial charge in [-0.1, -0.05) is 218 Å². The zero-order valence-electron chi connectivity index (χ0n) is 55.5. The molecule has 4 aliphatic heterocycles. The Morgan fingerprint density at radius 3 is 1.16 bits per heavy atom. The zero-order valence-corrected chi connectivity index (χ0v) is 55.5. The van der Waals surface area contributed by atoms with Crippen molar-refractivity contribution in [1.82, 2.24) is 5.32 Å². The van der Waals surface area contributed by atoms with Gasteiger partial charge in [0.1, 0.15) is 85.4 Å². The standard InChI is InChI=1S/C78H91NO19/c1-5-41-85-76-73(69(89-47-58-35-21-10-22-36-58)66(51(2)92-76)86-44-55-29-15-7-16-30-55)98-78-74(97-75-63(79-53(4)81)65(83)64(82)61(42-80)94-75)71(67(52(3)93-78)87-45-56-31-17-8-18-32-56)96-77-72(91-49-60-39-25-12-26-40-60)70(90-48-59-37-23-11-24-38-59)68(88-46-57-33-19-9-20-34-57)62(95-77)50-84-43-54-27-13-6-14-28-54/h5-40,51-52,61-78,80,82-83H,1,41-50H2,2-4H3,(H,79,81)/t51-,52-,61+,62+,63+,64+,65+,66-,67-,68+,69+,70-,71+,72+,73+,74+,75-,76+,77+,78-/m0/s1. The molecule has 4 heterocycles. The van der Waals surface area contributed by atoms with Crippen LogP contribution in [0.15, 0.2) is 225 Å². The second-order valence-electron chi connectivity index (χ2n) is 24.9. The Balaban J connectivity index is 1.06. The summed E-state index contributed by atoms with van der Waals surface area (Å²) in [5.74, 6) is -0.588. The Morgan fingerprint density at radius 2 is 0.735 bits per heavy atom. The van der Waals surface area contributed by atoms with Gasteiger partial charge in [-0.15, -0.1) is 6.58 Å². The lowest BCUT2D eigenvalue weighted by molar-refractivity contribution is -0.409. The van der Waals surface area contributed by atoms with Crippen molar-refractivity contribution in [2.24, 2.45) is 0 Å². The maximum Gasteiger partial charge on any atom is 0.217 e. The molecule has 98 heavy (non-hydrogen) atoms. The first-order valence-electron chi connectivity index (χ1n) is 33.6. The van der Waals surface area contributed by atoms with E-state index in [1.807, 2.05) is 226 Å². The molecule has 11 rings (SSSR count). The van der Waals surface area contributed by atoms with Gasteiger partial charge < -0.3 is 91.7 Å². The molecular formula is C78H91NO19. The minimum absolute atomic E-state index is 0.0181. The topological polar surface area (TPSA) is 228 Å². The van der Waals surface area contributed by atoms with Crippen molar-refractivity contribution >= 4 is 5.91 Å². The maximum absolute atomic E-state index is 13.3. The van der Waals surface area contributed by atoms with E-state index in [1.54, 1.807) is 6.08 Å². The molecule has 0 aliphatic carbocycles. The van der Waals surface area contributed by atoms with E-state index >= 15 is 0 Å². The van der Waals surface area contributed by atoms with Crippen molar-refractivity contribution < 1.29 is 91.2 Å². The summed E-state index contributed by atoms with van der Waals surface area (Å²) in [6, 6.07) is 66.7. The highest BCUT2D eigenvalue weighted by molar-refractivity contribution is 5.73. The summed E-state index contributed by atoms with van der Waals surface area (Å²) in [4.78, 5) is 13.3. The molecule has 20 nitrogen and oxygen atoms in total. The Labute approximate surface area is 573 Å². The first-order chi connectivity index (χ1) is 48.0. The second kappa shape index (κ2) is 36.9. The molecule has 4 saturated heterocycles. The molecular weight excluding hydrogens is 1250 g/mol. The van der Waals surface area contributed by atoms with E-state index in [2.05, 4.69) is 11.9 Å². The van der Waals surface area contributed by atoms with Crippen LogP contribution in [-0.4, -0.2) is 164 Å². The fourth-order valence-electron chi connectivity index (χ4n) is 12.7. The van der Waals surface area contributed by atoms with Crippen molar-refractivity contribution in [3.05, 3.63) is 264 Å². The Hall–Kier alpha value is -6.97. The fraction of sp³-hybridized carbons (Fsp3) is 0.423. The quantitative estimate of drug-likeness (QED) is 0.0281. The number of hydrogen-bond donors (Lipinski definition) is 4. The molecule has 4 N–H and O–H groups in total. The molecule has 0 unspecified atom stereocenters. The minimum Gasteiger partial charge on any atom is -0.394 e. The molecule has 4 aliphatic rings. The van der Waals surface area contributed by atoms with E-state index in [1.165, 1.54) is 6.92 Å². The van der Waals surface area contributed by atoms with Gasteiger partial charge in [0.15, 0.2) is 25.2 Å². The van der Waals surface area contributed by atoms with Crippen LogP contribution in [0.3, 0.4) is 0 Å². The summed E-state index contributed by atoms with van der Waals surface area (Å²) in [7, 11) is 0. The lowest BCUT2D eigenvalue weighted by atomic mass is 9.94. The number of aliphatic hydroxyl groups excluding tert-OH is 3. The molecule has 522 valence electrons. The molecule has 0 saturated carbocycles. The van der Waals surface area contributed by atoms with Crippen molar-refractivity contribution in [3.63, 3.8) is 0 Å². The molecule has 20 heteroatoms. The second-order valence-corrected chi connectivity index (χ2v) is 24.9. The minimum atomic E-state index is -1.74. The smallest absolute Gasteiger partial charge is 0.217 e. The van der Waals surface area contributed by atoms with Crippen molar-refractivity contribution in [1.29, 1.82) is 0 Å². The van der Waals surface area contributed by atoms with Gasteiger partial charge in [-0.3, -0.25) is 4.79 Å². The number of ether oxygens (including phenoxy) is 15. The first kappa shape index (κ1) is 72.3. The van der Waals surface area contributed by atoms with Crippen LogP contribution in [-0.2, 0) is 122 Å². The van der Waals surface area contributed by atoms with Gasteiger partial charge in [0, 0.05) is 6.92 Å². The zero-order chi connectivity index (χ0) is 68.0. The lowest BCUT2D eigenvalue weighted by Gasteiger charge is -2.52. The largest absolute Gasteiger partial charge is 0.394 e. The predicted molar refractivity (Wildman–Crippen MR) is 360 cm³/mol. The van der Waals surface area contributed by atoms with Crippen LogP contribution in [0.5, 0.6) is 0 Å². The lowest BCUT2D eigenvalue weighted by Crippen LogP contribution is -2.70. The van der Waals surface area contributed by atoms with Gasteiger partial charge in [-0.2, -0.15) is 0 Å². The van der Waals surface area contributed by atoms with Crippen molar-refractivity contribution in [2.75, 3.05) is 19.8 Å². The Kier molecular flexibility index (Phi) is 27.2. The normalized spacial score (nSPS) is 30.3. The van der Waals surface area contributed by atoms with E-state index in [0.717, 1.165) is 38.9 Å². The number of benzene rings is 7. The fourth-order valence-corrected chi connectivity index (χ4v) is 12.7. The molecule has 0 aromatic heterocycles. The molecule has 7 aromatic carbocycles. The molecule has 20 atom stereocenters.